The van der Waals surface area contributed by atoms with Gasteiger partial charge in [-0.15, -0.1) is 0 Å². The molecule has 2 N–H and O–H groups in total. The fourth-order valence-corrected chi connectivity index (χ4v) is 6.89. The first-order valence-electron chi connectivity index (χ1n) is 14.1. The van der Waals surface area contributed by atoms with E-state index in [0.717, 1.165) is 11.1 Å². The first kappa shape index (κ1) is 30.7. The molecule has 0 saturated heterocycles. The lowest BCUT2D eigenvalue weighted by molar-refractivity contribution is -0.129. The van der Waals surface area contributed by atoms with E-state index in [4.69, 9.17) is 14.2 Å². The van der Waals surface area contributed by atoms with Crippen LogP contribution in [0.1, 0.15) is 65.6 Å². The molecule has 43 heavy (non-hydrogen) atoms. The van der Waals surface area contributed by atoms with Gasteiger partial charge in [-0.05, 0) is 49.1 Å². The van der Waals surface area contributed by atoms with Gasteiger partial charge in [-0.1, -0.05) is 54.6 Å². The molecule has 0 bridgehead atoms. The lowest BCUT2D eigenvalue weighted by Crippen LogP contribution is -2.36. The number of pyridine rings is 1. The Balaban J connectivity index is 1.42. The van der Waals surface area contributed by atoms with Crippen molar-refractivity contribution in [2.45, 2.75) is 51.0 Å². The zero-order chi connectivity index (χ0) is 30.7. The van der Waals surface area contributed by atoms with E-state index >= 15 is 0 Å². The van der Waals surface area contributed by atoms with Crippen LogP contribution in [-0.4, -0.2) is 51.6 Å². The molecule has 3 unspecified atom stereocenters. The van der Waals surface area contributed by atoms with Crippen molar-refractivity contribution in [1.29, 1.82) is 0 Å². The van der Waals surface area contributed by atoms with Crippen molar-refractivity contribution in [2.75, 3.05) is 20.3 Å². The Morgan fingerprint density at radius 1 is 1.00 bits per heavy atom. The number of nitrogens with one attached hydrogen (secondary N) is 2. The minimum Gasteiger partial charge on any atom is -0.367 e. The van der Waals surface area contributed by atoms with Crippen LogP contribution in [-0.2, 0) is 39.6 Å². The van der Waals surface area contributed by atoms with Crippen LogP contribution in [0.2, 0.25) is 0 Å². The van der Waals surface area contributed by atoms with Crippen LogP contribution in [0.15, 0.2) is 72.4 Å². The van der Waals surface area contributed by atoms with E-state index in [0.29, 0.717) is 46.7 Å². The summed E-state index contributed by atoms with van der Waals surface area (Å²) in [6.45, 7) is 6.36. The number of aryl methyl sites for hydroxylation is 1. The summed E-state index contributed by atoms with van der Waals surface area (Å²) < 4.78 is 45.3. The molecule has 2 heterocycles. The zero-order valence-electron chi connectivity index (χ0n) is 24.5. The second-order valence-electron chi connectivity index (χ2n) is 10.3. The highest BCUT2D eigenvalue weighted by molar-refractivity contribution is 7.89. The van der Waals surface area contributed by atoms with Gasteiger partial charge in [0.15, 0.2) is 11.9 Å². The summed E-state index contributed by atoms with van der Waals surface area (Å²) in [5.74, 6) is -1.34. The number of hydrogen-bond donors (Lipinski definition) is 2. The molecule has 5 rings (SSSR count). The maximum absolute atomic E-state index is 13.9. The molecule has 0 saturated carbocycles. The molecule has 11 heteroatoms. The number of carbonyl (C=O) groups is 2. The molecule has 2 aromatic carbocycles. The average molecular weight is 606 g/mol. The van der Waals surface area contributed by atoms with Gasteiger partial charge in [0.2, 0.25) is 10.0 Å². The highest BCUT2D eigenvalue weighted by Gasteiger charge is 2.47. The minimum absolute atomic E-state index is 0.156. The smallest absolute Gasteiger partial charge is 0.267 e. The van der Waals surface area contributed by atoms with Crippen molar-refractivity contribution >= 4 is 27.3 Å². The van der Waals surface area contributed by atoms with Crippen molar-refractivity contribution in [1.82, 2.24) is 15.0 Å². The number of ketones is 1. The van der Waals surface area contributed by atoms with E-state index in [9.17, 15) is 18.0 Å². The van der Waals surface area contributed by atoms with Crippen molar-refractivity contribution in [3.8, 4) is 0 Å². The number of carbonyl (C=O) groups excluding carboxylic acids is 2. The van der Waals surface area contributed by atoms with Crippen LogP contribution in [0.3, 0.4) is 0 Å². The number of methoxy groups -OCH3 is 1. The van der Waals surface area contributed by atoms with Crippen molar-refractivity contribution in [2.24, 2.45) is 0 Å². The third-order valence-electron chi connectivity index (χ3n) is 7.54. The summed E-state index contributed by atoms with van der Waals surface area (Å²) in [6, 6.07) is 17.0. The molecule has 1 amide bonds. The largest absolute Gasteiger partial charge is 0.367 e. The third-order valence-corrected chi connectivity index (χ3v) is 8.77. The number of rotatable bonds is 11. The fourth-order valence-electron chi connectivity index (χ4n) is 5.79. The molecule has 2 aliphatic rings. The SMILES string of the molecule is CCOC1NC(c2ccc(CS(=O)(=O)NC(=O)[C@@H](OC)c3ccccc3)cc2C)C2=C1c1ncccc1C(OCC)C2=O. The Bertz CT molecular complexity index is 1660. The number of nitrogens with zero attached hydrogens (tertiary/aromatic N) is 1. The van der Waals surface area contributed by atoms with Crippen LogP contribution in [0, 0.1) is 6.92 Å². The number of fused-ring (bicyclic) bond motifs is 2. The second kappa shape index (κ2) is 12.9. The Morgan fingerprint density at radius 3 is 2.42 bits per heavy atom. The topological polar surface area (TPSA) is 133 Å². The molecular weight excluding hydrogens is 570 g/mol. The number of ether oxygens (including phenoxy) is 3. The van der Waals surface area contributed by atoms with Gasteiger partial charge in [-0.3, -0.25) is 24.6 Å². The van der Waals surface area contributed by atoms with Gasteiger partial charge in [0.1, 0.15) is 12.3 Å². The summed E-state index contributed by atoms with van der Waals surface area (Å²) in [6.07, 6.45) is -0.718. The number of Topliss-reactive ketones (excluding diaryl/α,β-unsaturated/α-hetero) is 1. The van der Waals surface area contributed by atoms with E-state index in [-0.39, 0.29) is 5.78 Å². The van der Waals surface area contributed by atoms with Crippen molar-refractivity contribution < 1.29 is 32.2 Å². The Hall–Kier alpha value is -3.74. The summed E-state index contributed by atoms with van der Waals surface area (Å²) in [5.41, 5.74) is 5.21. The quantitative estimate of drug-likeness (QED) is 0.334. The van der Waals surface area contributed by atoms with Crippen LogP contribution < -0.4 is 10.0 Å². The van der Waals surface area contributed by atoms with E-state index in [1.165, 1.54) is 7.11 Å². The lowest BCUT2D eigenvalue weighted by Gasteiger charge is -2.27. The Morgan fingerprint density at radius 2 is 1.74 bits per heavy atom. The predicted octanol–water partition coefficient (Wildman–Crippen LogP) is 3.84. The van der Waals surface area contributed by atoms with Gasteiger partial charge in [-0.25, -0.2) is 8.42 Å². The van der Waals surface area contributed by atoms with Crippen LogP contribution in [0.25, 0.3) is 5.57 Å². The number of aromatic nitrogens is 1. The summed E-state index contributed by atoms with van der Waals surface area (Å²) in [7, 11) is -2.69. The molecule has 3 aromatic rings. The molecule has 0 spiro atoms. The molecule has 226 valence electrons. The summed E-state index contributed by atoms with van der Waals surface area (Å²) in [5, 5.41) is 3.45. The first-order chi connectivity index (χ1) is 20.7. The molecule has 0 radical (unpaired) electrons. The van der Waals surface area contributed by atoms with Gasteiger partial charge in [-0.2, -0.15) is 0 Å². The molecule has 1 aliphatic carbocycles. The average Bonchev–Trinajstić information content (AvgIpc) is 3.35. The normalized spacial score (nSPS) is 20.5. The summed E-state index contributed by atoms with van der Waals surface area (Å²) in [4.78, 5) is 31.3. The maximum Gasteiger partial charge on any atom is 0.267 e. The maximum atomic E-state index is 13.9. The van der Waals surface area contributed by atoms with E-state index in [2.05, 4.69) is 15.0 Å². The second-order valence-corrected chi connectivity index (χ2v) is 12.1. The monoisotopic (exact) mass is 605 g/mol. The van der Waals surface area contributed by atoms with Gasteiger partial charge < -0.3 is 14.2 Å². The number of amides is 1. The zero-order valence-corrected chi connectivity index (χ0v) is 25.3. The standard InChI is InChI=1S/C32H35N3O7S/c1-5-41-30-23-13-10-16-33-26(23)25-24(28(30)36)27(34-32(25)42-6-2)22-15-14-20(17-19(22)3)18-43(38,39)35-31(37)29(40-4)21-11-8-7-9-12-21/h7-17,27,29-30,32,34H,5-6,18H2,1-4H3,(H,35,37)/t27?,29-,30?,32?/m0/s1. The first-order valence-corrected chi connectivity index (χ1v) is 15.8. The number of hydrogen-bond acceptors (Lipinski definition) is 9. The Kier molecular flexibility index (Phi) is 9.19. The van der Waals surface area contributed by atoms with Gasteiger partial charge >= 0.3 is 0 Å². The van der Waals surface area contributed by atoms with Crippen LogP contribution in [0.4, 0.5) is 0 Å². The highest BCUT2D eigenvalue weighted by Crippen LogP contribution is 2.47. The number of benzene rings is 2. The van der Waals surface area contributed by atoms with Crippen molar-refractivity contribution in [3.63, 3.8) is 0 Å². The summed E-state index contributed by atoms with van der Waals surface area (Å²) >= 11 is 0. The molecule has 0 fully saturated rings. The number of sulfonamides is 1. The van der Waals surface area contributed by atoms with Gasteiger partial charge in [0, 0.05) is 43.2 Å². The van der Waals surface area contributed by atoms with Crippen LogP contribution in [0.5, 0.6) is 0 Å². The van der Waals surface area contributed by atoms with Crippen LogP contribution >= 0.6 is 0 Å². The van der Waals surface area contributed by atoms with Crippen molar-refractivity contribution in [3.05, 3.63) is 106 Å². The van der Waals surface area contributed by atoms with E-state index in [1.54, 1.807) is 60.8 Å². The van der Waals surface area contributed by atoms with Gasteiger partial charge in [0.25, 0.3) is 5.91 Å². The molecule has 4 atom stereocenters. The predicted molar refractivity (Wildman–Crippen MR) is 160 cm³/mol. The fraction of sp³-hybridized carbons (Fsp3) is 0.344. The lowest BCUT2D eigenvalue weighted by atomic mass is 9.82. The molecule has 10 nitrogen and oxygen atoms in total. The molecule has 1 aromatic heterocycles. The van der Waals surface area contributed by atoms with E-state index < -0.39 is 46.2 Å². The molecule has 1 aliphatic heterocycles. The highest BCUT2D eigenvalue weighted by atomic mass is 32.2. The van der Waals surface area contributed by atoms with Gasteiger partial charge in [0.05, 0.1) is 17.5 Å². The third kappa shape index (κ3) is 6.17. The van der Waals surface area contributed by atoms with E-state index in [1.807, 2.05) is 26.8 Å². The minimum atomic E-state index is -4.04. The Labute approximate surface area is 251 Å². The molecular formula is C32H35N3O7S.